The van der Waals surface area contributed by atoms with Gasteiger partial charge in [-0.1, -0.05) is 31.7 Å². The predicted molar refractivity (Wildman–Crippen MR) is 127 cm³/mol. The summed E-state index contributed by atoms with van der Waals surface area (Å²) in [5.74, 6) is 0.692. The molecule has 1 aromatic rings. The Bertz CT molecular complexity index is 734. The Balaban J connectivity index is 1.33. The molecule has 0 bridgehead atoms. The lowest BCUT2D eigenvalue weighted by Crippen LogP contribution is -2.47. The van der Waals surface area contributed by atoms with Gasteiger partial charge in [0.15, 0.2) is 0 Å². The maximum Gasteiger partial charge on any atom is 0.328 e. The first-order valence-corrected chi connectivity index (χ1v) is 12.6. The second-order valence-electron chi connectivity index (χ2n) is 9.00. The number of aromatic nitrogens is 1. The number of nitrogens with one attached hydrogen (secondary N) is 3. The summed E-state index contributed by atoms with van der Waals surface area (Å²) in [4.78, 5) is 29.6. The molecule has 0 aliphatic carbocycles. The monoisotopic (exact) mass is 444 g/mol. The zero-order valence-corrected chi connectivity index (χ0v) is 19.6. The zero-order valence-electron chi connectivity index (χ0n) is 19.6. The van der Waals surface area contributed by atoms with Crippen molar-refractivity contribution in [3.8, 4) is 0 Å². The minimum Gasteiger partial charge on any atom is -0.464 e. The van der Waals surface area contributed by atoms with Crippen molar-refractivity contribution in [2.75, 3.05) is 31.6 Å². The molecule has 3 rings (SSSR count). The van der Waals surface area contributed by atoms with Gasteiger partial charge in [0.25, 0.3) is 0 Å². The van der Waals surface area contributed by atoms with Gasteiger partial charge in [-0.3, -0.25) is 4.79 Å². The van der Waals surface area contributed by atoms with E-state index >= 15 is 0 Å². The molecule has 178 valence electrons. The number of piperidine rings is 1. The molecule has 1 aromatic heterocycles. The smallest absolute Gasteiger partial charge is 0.328 e. The van der Waals surface area contributed by atoms with E-state index in [0.29, 0.717) is 19.6 Å². The number of carbonyl (C=O) groups excluding carboxylic acids is 2. The van der Waals surface area contributed by atoms with E-state index in [1.54, 1.807) is 6.92 Å². The van der Waals surface area contributed by atoms with Crippen molar-refractivity contribution >= 4 is 17.7 Å². The standard InChI is InChI=1S/C25H40N4O3/c1-2-32-25(31)22(29-24(30)20-11-8-16-26-18-20)13-7-5-3-4-6-12-21-15-14-19-10-9-17-27-23(19)28-21/h14-15,20,22,26H,2-13,16-18H2,1H3,(H,27,28)(H,29,30)/t20-,22+/m1/s1. The number of pyridine rings is 1. The van der Waals surface area contributed by atoms with Crippen molar-refractivity contribution in [3.05, 3.63) is 23.4 Å². The van der Waals surface area contributed by atoms with Gasteiger partial charge in [-0.25, -0.2) is 9.78 Å². The lowest BCUT2D eigenvalue weighted by Gasteiger charge is -2.24. The highest BCUT2D eigenvalue weighted by Crippen LogP contribution is 2.20. The minimum absolute atomic E-state index is 0.0257. The Labute approximate surface area is 192 Å². The van der Waals surface area contributed by atoms with Crippen LogP contribution >= 0.6 is 0 Å². The molecule has 2 aliphatic heterocycles. The van der Waals surface area contributed by atoms with Crippen LogP contribution in [0, 0.1) is 5.92 Å². The average Bonchev–Trinajstić information content (AvgIpc) is 2.83. The fourth-order valence-corrected chi connectivity index (χ4v) is 4.55. The first-order valence-electron chi connectivity index (χ1n) is 12.6. The van der Waals surface area contributed by atoms with E-state index in [1.165, 1.54) is 17.7 Å². The summed E-state index contributed by atoms with van der Waals surface area (Å²) < 4.78 is 5.19. The van der Waals surface area contributed by atoms with Gasteiger partial charge in [0.2, 0.25) is 5.91 Å². The highest BCUT2D eigenvalue weighted by molar-refractivity contribution is 5.85. The highest BCUT2D eigenvalue weighted by Gasteiger charge is 2.27. The van der Waals surface area contributed by atoms with E-state index in [-0.39, 0.29) is 17.8 Å². The van der Waals surface area contributed by atoms with E-state index in [9.17, 15) is 9.59 Å². The van der Waals surface area contributed by atoms with E-state index in [4.69, 9.17) is 9.72 Å². The Hall–Kier alpha value is -2.15. The number of hydrogen-bond acceptors (Lipinski definition) is 6. The van der Waals surface area contributed by atoms with E-state index in [2.05, 4.69) is 28.1 Å². The number of carbonyl (C=O) groups is 2. The maximum absolute atomic E-state index is 12.5. The van der Waals surface area contributed by atoms with Crippen LogP contribution in [0.1, 0.15) is 76.0 Å². The number of esters is 1. The number of fused-ring (bicyclic) bond motifs is 1. The van der Waals surface area contributed by atoms with Gasteiger partial charge in [0, 0.05) is 18.8 Å². The molecule has 1 amide bonds. The summed E-state index contributed by atoms with van der Waals surface area (Å²) in [6.07, 6.45) is 11.2. The third-order valence-corrected chi connectivity index (χ3v) is 6.43. The quantitative estimate of drug-likeness (QED) is 0.338. The van der Waals surface area contributed by atoms with Crippen molar-refractivity contribution in [1.29, 1.82) is 0 Å². The van der Waals surface area contributed by atoms with Crippen molar-refractivity contribution in [1.82, 2.24) is 15.6 Å². The van der Waals surface area contributed by atoms with E-state index in [0.717, 1.165) is 76.7 Å². The van der Waals surface area contributed by atoms with Crippen LogP contribution in [0.4, 0.5) is 5.82 Å². The Morgan fingerprint density at radius 3 is 2.81 bits per heavy atom. The van der Waals surface area contributed by atoms with E-state index in [1.807, 2.05) is 0 Å². The van der Waals surface area contributed by atoms with Gasteiger partial charge in [-0.15, -0.1) is 0 Å². The molecule has 0 unspecified atom stereocenters. The first kappa shape index (κ1) is 24.5. The molecular formula is C25H40N4O3. The number of unbranched alkanes of at least 4 members (excludes halogenated alkanes) is 4. The summed E-state index contributed by atoms with van der Waals surface area (Å²) in [5.41, 5.74) is 2.50. The number of ether oxygens (including phenoxy) is 1. The fourth-order valence-electron chi connectivity index (χ4n) is 4.55. The van der Waals surface area contributed by atoms with Crippen LogP contribution in [0.2, 0.25) is 0 Å². The molecule has 7 heteroatoms. The van der Waals surface area contributed by atoms with Gasteiger partial charge in [-0.05, 0) is 70.0 Å². The number of amides is 1. The second kappa shape index (κ2) is 13.4. The second-order valence-corrected chi connectivity index (χ2v) is 9.00. The van der Waals surface area contributed by atoms with Crippen molar-refractivity contribution in [2.24, 2.45) is 5.92 Å². The number of anilines is 1. The Morgan fingerprint density at radius 1 is 1.16 bits per heavy atom. The summed E-state index contributed by atoms with van der Waals surface area (Å²) in [7, 11) is 0. The Morgan fingerprint density at radius 2 is 2.00 bits per heavy atom. The molecule has 32 heavy (non-hydrogen) atoms. The number of hydrogen-bond donors (Lipinski definition) is 3. The molecule has 0 aromatic carbocycles. The largest absolute Gasteiger partial charge is 0.464 e. The summed E-state index contributed by atoms with van der Waals surface area (Å²) in [6, 6.07) is 3.86. The molecule has 1 saturated heterocycles. The molecule has 0 saturated carbocycles. The summed E-state index contributed by atoms with van der Waals surface area (Å²) in [5, 5.41) is 9.61. The van der Waals surface area contributed by atoms with Crippen LogP contribution in [0.25, 0.3) is 0 Å². The summed E-state index contributed by atoms with van der Waals surface area (Å²) in [6.45, 7) is 4.81. The van der Waals surface area contributed by atoms with Crippen LogP contribution in [0.3, 0.4) is 0 Å². The highest BCUT2D eigenvalue weighted by atomic mass is 16.5. The molecule has 3 N–H and O–H groups in total. The fraction of sp³-hybridized carbons (Fsp3) is 0.720. The van der Waals surface area contributed by atoms with Gasteiger partial charge in [0.05, 0.1) is 12.5 Å². The molecule has 7 nitrogen and oxygen atoms in total. The lowest BCUT2D eigenvalue weighted by molar-refractivity contribution is -0.148. The van der Waals surface area contributed by atoms with Crippen molar-refractivity contribution < 1.29 is 14.3 Å². The third-order valence-electron chi connectivity index (χ3n) is 6.43. The zero-order chi connectivity index (χ0) is 22.6. The lowest BCUT2D eigenvalue weighted by atomic mass is 9.98. The Kier molecular flexibility index (Phi) is 10.3. The SMILES string of the molecule is CCOC(=O)[C@H](CCCCCCCc1ccc2c(n1)NCCC2)NC(=O)[C@@H]1CCCNC1. The molecule has 0 radical (unpaired) electrons. The van der Waals surface area contributed by atoms with Crippen molar-refractivity contribution in [3.63, 3.8) is 0 Å². The van der Waals surface area contributed by atoms with Crippen molar-refractivity contribution in [2.45, 2.75) is 83.6 Å². The molecular weight excluding hydrogens is 404 g/mol. The molecule has 2 atom stereocenters. The topological polar surface area (TPSA) is 92.3 Å². The van der Waals surface area contributed by atoms with Crippen LogP contribution in [0.15, 0.2) is 12.1 Å². The maximum atomic E-state index is 12.5. The third kappa shape index (κ3) is 7.76. The van der Waals surface area contributed by atoms with Gasteiger partial charge in [-0.2, -0.15) is 0 Å². The van der Waals surface area contributed by atoms with Gasteiger partial charge < -0.3 is 20.7 Å². The van der Waals surface area contributed by atoms with Crippen LogP contribution < -0.4 is 16.0 Å². The van der Waals surface area contributed by atoms with E-state index < -0.39 is 6.04 Å². The van der Waals surface area contributed by atoms with Crippen LogP contribution in [-0.4, -0.2) is 49.1 Å². The molecule has 0 spiro atoms. The van der Waals surface area contributed by atoms with Gasteiger partial charge in [0.1, 0.15) is 11.9 Å². The molecule has 1 fully saturated rings. The normalized spacial score (nSPS) is 18.8. The van der Waals surface area contributed by atoms with Crippen LogP contribution in [-0.2, 0) is 27.2 Å². The molecule has 2 aliphatic rings. The number of nitrogens with zero attached hydrogens (tertiary/aromatic N) is 1. The average molecular weight is 445 g/mol. The summed E-state index contributed by atoms with van der Waals surface area (Å²) >= 11 is 0. The van der Waals surface area contributed by atoms with Crippen LogP contribution in [0.5, 0.6) is 0 Å². The molecule has 3 heterocycles. The minimum atomic E-state index is -0.531. The van der Waals surface area contributed by atoms with Gasteiger partial charge >= 0.3 is 5.97 Å². The predicted octanol–water partition coefficient (Wildman–Crippen LogP) is 3.37. The number of aryl methyl sites for hydroxylation is 2. The number of rotatable bonds is 12. The first-order chi connectivity index (χ1) is 15.7.